The van der Waals surface area contributed by atoms with Crippen molar-refractivity contribution < 1.29 is 26.4 Å². The van der Waals surface area contributed by atoms with Gasteiger partial charge in [-0.2, -0.15) is 13.2 Å². The van der Waals surface area contributed by atoms with Gasteiger partial charge >= 0.3 is 11.7 Å². The zero-order valence-electron chi connectivity index (χ0n) is 15.9. The summed E-state index contributed by atoms with van der Waals surface area (Å²) < 4.78 is 66.3. The molecule has 0 aliphatic heterocycles. The van der Waals surface area contributed by atoms with E-state index in [1.54, 1.807) is 7.85 Å². The van der Waals surface area contributed by atoms with Crippen LogP contribution >= 0.6 is 0 Å². The Balaban J connectivity index is 2.42. The van der Waals surface area contributed by atoms with Gasteiger partial charge in [-0.1, -0.05) is 12.4 Å². The third kappa shape index (κ3) is 3.39. The van der Waals surface area contributed by atoms with E-state index in [4.69, 9.17) is 0 Å². The fourth-order valence-corrected chi connectivity index (χ4v) is 4.08. The average Bonchev–Trinajstić information content (AvgIpc) is 2.97. The second kappa shape index (κ2) is 6.90. The van der Waals surface area contributed by atoms with Crippen LogP contribution in [-0.4, -0.2) is 48.4 Å². The zero-order chi connectivity index (χ0) is 21.7. The molecule has 3 heterocycles. The second-order valence-corrected chi connectivity index (χ2v) is 8.55. The molecule has 0 fully saturated rings. The molecule has 0 bridgehead atoms. The molecule has 0 spiro atoms. The first-order valence-electron chi connectivity index (χ1n) is 8.36. The Morgan fingerprint density at radius 3 is 2.48 bits per heavy atom. The van der Waals surface area contributed by atoms with E-state index in [1.807, 2.05) is 0 Å². The number of aryl methyl sites for hydroxylation is 1. The summed E-state index contributed by atoms with van der Waals surface area (Å²) in [7, 11) is 0.278. The second-order valence-electron chi connectivity index (χ2n) is 6.30. The predicted molar refractivity (Wildman–Crippen MR) is 102 cm³/mol. The summed E-state index contributed by atoms with van der Waals surface area (Å²) >= 11 is 0. The van der Waals surface area contributed by atoms with Gasteiger partial charge in [0.25, 0.3) is 0 Å². The smallest absolute Gasteiger partial charge is 0.413 e. The largest absolute Gasteiger partial charge is 0.435 e. The minimum atomic E-state index is -4.86. The number of hydrogen-bond acceptors (Lipinski definition) is 6. The molecule has 154 valence electrons. The van der Waals surface area contributed by atoms with E-state index in [0.29, 0.717) is 11.5 Å². The van der Waals surface area contributed by atoms with Crippen molar-refractivity contribution in [2.75, 3.05) is 12.9 Å². The highest BCUT2D eigenvalue weighted by Gasteiger charge is 2.37. The van der Waals surface area contributed by atoms with Gasteiger partial charge in [0, 0.05) is 13.2 Å². The number of fused-ring (bicyclic) bond motifs is 1. The lowest BCUT2D eigenvalue weighted by Gasteiger charge is -2.13. The quantitative estimate of drug-likeness (QED) is 0.540. The van der Waals surface area contributed by atoms with E-state index in [2.05, 4.69) is 14.8 Å². The van der Waals surface area contributed by atoms with Gasteiger partial charge in [0.1, 0.15) is 26.2 Å². The third-order valence-corrected chi connectivity index (χ3v) is 6.13. The van der Waals surface area contributed by atoms with Gasteiger partial charge in [0.05, 0.1) is 16.2 Å². The summed E-state index contributed by atoms with van der Waals surface area (Å²) in [5, 5.41) is 0. The Labute approximate surface area is 164 Å². The van der Waals surface area contributed by atoms with Crippen LogP contribution in [0.15, 0.2) is 28.0 Å². The van der Waals surface area contributed by atoms with Crippen LogP contribution in [0.3, 0.4) is 0 Å². The molecule has 0 aromatic carbocycles. The van der Waals surface area contributed by atoms with Crippen LogP contribution in [-0.2, 0) is 23.1 Å². The van der Waals surface area contributed by atoms with Gasteiger partial charge in [-0.3, -0.25) is 9.78 Å². The summed E-state index contributed by atoms with van der Waals surface area (Å²) in [6.07, 6.45) is -3.45. The molecule has 3 aromatic heterocycles. The van der Waals surface area contributed by atoms with Crippen molar-refractivity contribution in [2.24, 2.45) is 7.05 Å². The molecule has 0 amide bonds. The fraction of sp³-hybridized carbons (Fsp3) is 0.312. The molecule has 0 saturated carbocycles. The van der Waals surface area contributed by atoms with Gasteiger partial charge in [-0.05, 0) is 12.1 Å². The number of alkyl halides is 3. The number of aromatic nitrogens is 4. The highest BCUT2D eigenvalue weighted by molar-refractivity contribution is 7.91. The predicted octanol–water partition coefficient (Wildman–Crippen LogP) is -0.0738. The van der Waals surface area contributed by atoms with Crippen molar-refractivity contribution in [3.63, 3.8) is 0 Å². The number of hydrogen-bond donors (Lipinski definition) is 0. The monoisotopic (exact) mass is 428 g/mol. The van der Waals surface area contributed by atoms with Crippen molar-refractivity contribution in [3.8, 4) is 11.5 Å². The summed E-state index contributed by atoms with van der Waals surface area (Å²) in [5.41, 5.74) is -2.31. The van der Waals surface area contributed by atoms with E-state index < -0.39 is 27.3 Å². The first-order chi connectivity index (χ1) is 13.4. The Morgan fingerprint density at radius 1 is 1.28 bits per heavy atom. The number of halogens is 3. The molecule has 0 saturated heterocycles. The van der Waals surface area contributed by atoms with Gasteiger partial charge in [-0.15, -0.1) is 4.73 Å². The van der Waals surface area contributed by atoms with Crippen molar-refractivity contribution in [1.29, 1.82) is 0 Å². The lowest BCUT2D eigenvalue weighted by molar-refractivity contribution is -0.151. The SMILES string of the molecule is Bc1cnc(-c2nc3cc(C(F)(F)F)n(OC)c(=O)c3n2C)c(S(=O)(=O)CC)c1. The highest BCUT2D eigenvalue weighted by Crippen LogP contribution is 2.31. The molecule has 0 aliphatic rings. The Kier molecular flexibility index (Phi) is 4.97. The standard InChI is InChI=1S/C16H16BF3N4O4S/c1-4-29(26,27)10-5-8(17)7-21-12(10)14-22-9-6-11(16(18,19)20)24(28-3)15(25)13(9)23(14)2/h5-7H,4,17H2,1-3H3. The Hall–Kier alpha value is -2.83. The molecular formula is C16H16BF3N4O4S. The van der Waals surface area contributed by atoms with Crippen LogP contribution in [0.25, 0.3) is 22.6 Å². The van der Waals surface area contributed by atoms with Crippen LogP contribution in [0.5, 0.6) is 0 Å². The molecular weight excluding hydrogens is 412 g/mol. The highest BCUT2D eigenvalue weighted by atomic mass is 32.2. The first-order valence-corrected chi connectivity index (χ1v) is 10.0. The molecule has 8 nitrogen and oxygen atoms in total. The Morgan fingerprint density at radius 2 is 1.93 bits per heavy atom. The minimum absolute atomic E-state index is 0.0481. The van der Waals surface area contributed by atoms with Crippen molar-refractivity contribution in [3.05, 3.63) is 34.4 Å². The van der Waals surface area contributed by atoms with Crippen molar-refractivity contribution >= 4 is 34.2 Å². The van der Waals surface area contributed by atoms with Gasteiger partial charge in [-0.25, -0.2) is 13.4 Å². The summed E-state index contributed by atoms with van der Waals surface area (Å²) in [6, 6.07) is 2.08. The van der Waals surface area contributed by atoms with Gasteiger partial charge in [0.15, 0.2) is 21.4 Å². The average molecular weight is 428 g/mol. The summed E-state index contributed by atoms with van der Waals surface area (Å²) in [4.78, 5) is 25.4. The van der Waals surface area contributed by atoms with Crippen molar-refractivity contribution in [1.82, 2.24) is 19.3 Å². The normalized spacial score (nSPS) is 12.5. The molecule has 0 N–H and O–H groups in total. The third-order valence-electron chi connectivity index (χ3n) is 4.39. The maximum absolute atomic E-state index is 13.3. The van der Waals surface area contributed by atoms with Crippen LogP contribution in [0.2, 0.25) is 0 Å². The first kappa shape index (κ1) is 20.9. The van der Waals surface area contributed by atoms with Gasteiger partial charge in [0.2, 0.25) is 0 Å². The fourth-order valence-electron chi connectivity index (χ4n) is 2.96. The molecule has 0 radical (unpaired) electrons. The topological polar surface area (TPSA) is 96.1 Å². The van der Waals surface area contributed by atoms with E-state index in [9.17, 15) is 26.4 Å². The molecule has 0 atom stereocenters. The zero-order valence-corrected chi connectivity index (χ0v) is 16.7. The lowest BCUT2D eigenvalue weighted by Crippen LogP contribution is -2.32. The molecule has 0 aliphatic carbocycles. The van der Waals surface area contributed by atoms with E-state index in [0.717, 1.165) is 7.11 Å². The maximum Gasteiger partial charge on any atom is 0.435 e. The maximum atomic E-state index is 13.3. The lowest BCUT2D eigenvalue weighted by atomic mass is 9.99. The Bertz CT molecular complexity index is 1280. The van der Waals surface area contributed by atoms with Gasteiger partial charge < -0.3 is 9.40 Å². The molecule has 3 aromatic rings. The van der Waals surface area contributed by atoms with E-state index in [1.165, 1.54) is 30.8 Å². The summed E-state index contributed by atoms with van der Waals surface area (Å²) in [5.74, 6) is -0.254. The van der Waals surface area contributed by atoms with Crippen LogP contribution in [0.1, 0.15) is 12.6 Å². The van der Waals surface area contributed by atoms with Crippen LogP contribution in [0, 0.1) is 0 Å². The number of nitrogens with zero attached hydrogens (tertiary/aromatic N) is 4. The van der Waals surface area contributed by atoms with E-state index in [-0.39, 0.29) is 37.9 Å². The number of rotatable bonds is 4. The van der Waals surface area contributed by atoms with Crippen molar-refractivity contribution in [2.45, 2.75) is 18.0 Å². The summed E-state index contributed by atoms with van der Waals surface area (Å²) in [6.45, 7) is 1.46. The van der Waals surface area contributed by atoms with Crippen LogP contribution in [0.4, 0.5) is 13.2 Å². The number of imidazole rings is 1. The molecule has 13 heteroatoms. The van der Waals surface area contributed by atoms with E-state index >= 15 is 0 Å². The van der Waals surface area contributed by atoms with Crippen LogP contribution < -0.4 is 15.9 Å². The minimum Gasteiger partial charge on any atom is -0.413 e. The number of sulfone groups is 1. The molecule has 29 heavy (non-hydrogen) atoms. The number of pyridine rings is 2. The molecule has 0 unspecified atom stereocenters. The molecule has 3 rings (SSSR count).